The number of phenols is 1. The van der Waals surface area contributed by atoms with E-state index in [9.17, 15) is 24.3 Å². The maximum absolute atomic E-state index is 13.9. The molecule has 8 nitrogen and oxygen atoms in total. The molecule has 4 aliphatic rings. The number of methoxy groups -OCH3 is 1. The highest BCUT2D eigenvalue weighted by Crippen LogP contribution is 2.65. The van der Waals surface area contributed by atoms with Gasteiger partial charge in [0.05, 0.1) is 30.1 Å². The van der Waals surface area contributed by atoms with Gasteiger partial charge < -0.3 is 9.84 Å². The van der Waals surface area contributed by atoms with Crippen molar-refractivity contribution in [3.8, 4) is 11.5 Å². The van der Waals surface area contributed by atoms with E-state index >= 15 is 0 Å². The normalized spacial score (nSPS) is 33.6. The number of likely N-dealkylation sites (tertiary alicyclic amines) is 1. The zero-order valence-electron chi connectivity index (χ0n) is 20.6. The molecule has 2 aromatic carbocycles. The lowest BCUT2D eigenvalue weighted by Crippen LogP contribution is -2.60. The number of aromatic hydroxyl groups is 1. The van der Waals surface area contributed by atoms with Gasteiger partial charge in [0.1, 0.15) is 0 Å². The zero-order valence-corrected chi connectivity index (χ0v) is 23.7. The van der Waals surface area contributed by atoms with E-state index < -0.39 is 45.2 Å². The van der Waals surface area contributed by atoms with Crippen molar-refractivity contribution >= 4 is 68.4 Å². The number of rotatable bonds is 4. The van der Waals surface area contributed by atoms with Crippen LogP contribution in [0.25, 0.3) is 0 Å². The number of para-hydroxylation sites is 1. The Morgan fingerprint density at radius 2 is 1.74 bits per heavy atom. The second kappa shape index (κ2) is 9.08. The molecule has 4 amide bonds. The van der Waals surface area contributed by atoms with Crippen LogP contribution in [0.5, 0.6) is 11.5 Å². The van der Waals surface area contributed by atoms with Crippen LogP contribution in [-0.2, 0) is 19.2 Å². The van der Waals surface area contributed by atoms with Crippen molar-refractivity contribution < 1.29 is 29.0 Å². The second-order valence-corrected chi connectivity index (χ2v) is 12.0. The maximum Gasteiger partial charge on any atom is 0.254 e. The first kappa shape index (κ1) is 26.3. The first-order valence-corrected chi connectivity index (χ1v) is 14.3. The first-order chi connectivity index (χ1) is 18.6. The van der Waals surface area contributed by atoms with Crippen LogP contribution in [0.1, 0.15) is 24.3 Å². The van der Waals surface area contributed by atoms with E-state index in [1.54, 1.807) is 42.5 Å². The number of hydrogen-bond donors (Lipinski definition) is 1. The van der Waals surface area contributed by atoms with Crippen LogP contribution in [0.4, 0.5) is 5.69 Å². The fourth-order valence-corrected chi connectivity index (χ4v) is 8.27. The van der Waals surface area contributed by atoms with Gasteiger partial charge in [-0.15, -0.1) is 23.2 Å². The molecule has 2 heterocycles. The van der Waals surface area contributed by atoms with E-state index in [-0.39, 0.29) is 41.6 Å². The van der Waals surface area contributed by atoms with Crippen LogP contribution < -0.4 is 9.64 Å². The minimum absolute atomic E-state index is 0.0978. The molecule has 0 unspecified atom stereocenters. The van der Waals surface area contributed by atoms with Gasteiger partial charge in [0.15, 0.2) is 21.2 Å². The van der Waals surface area contributed by atoms with Crippen LogP contribution in [0, 0.1) is 17.8 Å². The molecule has 1 saturated carbocycles. The van der Waals surface area contributed by atoms with E-state index in [1.807, 2.05) is 6.08 Å². The predicted molar refractivity (Wildman–Crippen MR) is 147 cm³/mol. The van der Waals surface area contributed by atoms with Crippen molar-refractivity contribution in [3.63, 3.8) is 0 Å². The number of allylic oxidation sites excluding steroid dienone is 2. The monoisotopic (exact) mass is 632 g/mol. The molecule has 2 aromatic rings. The molecule has 2 aliphatic carbocycles. The molecule has 3 fully saturated rings. The summed E-state index contributed by atoms with van der Waals surface area (Å²) in [4.78, 5) is 53.2. The lowest BCUT2D eigenvalue weighted by Gasteiger charge is -2.50. The number of phenolic OH excluding ortho intramolecular Hbond substituents is 1. The van der Waals surface area contributed by atoms with Gasteiger partial charge in [-0.3, -0.25) is 29.0 Å². The Morgan fingerprint density at radius 3 is 2.38 bits per heavy atom. The number of amides is 4. The molecule has 6 rings (SSSR count). The van der Waals surface area contributed by atoms with E-state index in [0.717, 1.165) is 4.90 Å². The van der Waals surface area contributed by atoms with Gasteiger partial charge in [0.25, 0.3) is 11.8 Å². The summed E-state index contributed by atoms with van der Waals surface area (Å²) in [7, 11) is 1.41. The number of halogens is 3. The summed E-state index contributed by atoms with van der Waals surface area (Å²) in [6, 6.07) is 13.3. The Balaban J connectivity index is 1.53. The van der Waals surface area contributed by atoms with Crippen LogP contribution in [0.3, 0.4) is 0 Å². The summed E-state index contributed by atoms with van der Waals surface area (Å²) in [5.74, 6) is -5.00. The highest BCUT2D eigenvalue weighted by Gasteiger charge is 2.76. The highest BCUT2D eigenvalue weighted by molar-refractivity contribution is 9.09. The van der Waals surface area contributed by atoms with Crippen molar-refractivity contribution in [1.82, 2.24) is 4.90 Å². The second-order valence-electron chi connectivity index (χ2n) is 10.3. The molecule has 0 aromatic heterocycles. The molecule has 0 spiro atoms. The van der Waals surface area contributed by atoms with Gasteiger partial charge in [-0.1, -0.05) is 51.8 Å². The number of carbonyl (C=O) groups is 4. The van der Waals surface area contributed by atoms with Crippen molar-refractivity contribution in [3.05, 3.63) is 65.7 Å². The fraction of sp³-hybridized carbons (Fsp3) is 0.357. The summed E-state index contributed by atoms with van der Waals surface area (Å²) >= 11 is 17.6. The number of imide groups is 2. The van der Waals surface area contributed by atoms with E-state index in [0.29, 0.717) is 16.8 Å². The fourth-order valence-electron chi connectivity index (χ4n) is 6.84. The van der Waals surface area contributed by atoms with Gasteiger partial charge in [0.2, 0.25) is 11.8 Å². The molecule has 2 aliphatic heterocycles. The number of benzene rings is 2. The lowest BCUT2D eigenvalue weighted by molar-refractivity contribution is -0.138. The molecule has 0 radical (unpaired) electrons. The molecule has 6 atom stereocenters. The third kappa shape index (κ3) is 3.36. The van der Waals surface area contributed by atoms with Gasteiger partial charge >= 0.3 is 0 Å². The number of hydrogen-bond acceptors (Lipinski definition) is 6. The average molecular weight is 634 g/mol. The van der Waals surface area contributed by atoms with Crippen molar-refractivity contribution in [2.24, 2.45) is 17.8 Å². The minimum atomic E-state index is -1.93. The van der Waals surface area contributed by atoms with E-state index in [2.05, 4.69) is 15.9 Å². The van der Waals surface area contributed by atoms with E-state index in [4.69, 9.17) is 27.9 Å². The smallest absolute Gasteiger partial charge is 0.254 e. The molecule has 1 N–H and O–H groups in total. The lowest BCUT2D eigenvalue weighted by atomic mass is 9.56. The number of ether oxygens (including phenoxy) is 1. The number of anilines is 1. The maximum atomic E-state index is 13.9. The first-order valence-electron chi connectivity index (χ1n) is 12.4. The SMILES string of the molecule is COc1ccc([C@H]2C3=CC[C@@H]4C(=O)N(c5ccccc5)C(=O)[C@@H]4[C@@H]3C[C@@]3(Cl)C(=O)N(CBr)C(=O)[C@@]23Cl)cc1O. The van der Waals surface area contributed by atoms with Crippen molar-refractivity contribution in [2.75, 3.05) is 17.5 Å². The highest BCUT2D eigenvalue weighted by atomic mass is 79.9. The molecular weight excluding hydrogens is 611 g/mol. The van der Waals surface area contributed by atoms with Crippen LogP contribution in [0.15, 0.2) is 60.2 Å². The molecule has 2 saturated heterocycles. The van der Waals surface area contributed by atoms with Crippen LogP contribution in [0.2, 0.25) is 0 Å². The number of carbonyl (C=O) groups excluding carboxylic acids is 4. The third-order valence-corrected chi connectivity index (χ3v) is 10.5. The van der Waals surface area contributed by atoms with E-state index in [1.165, 1.54) is 18.1 Å². The predicted octanol–water partition coefficient (Wildman–Crippen LogP) is 4.32. The minimum Gasteiger partial charge on any atom is -0.504 e. The van der Waals surface area contributed by atoms with Crippen LogP contribution >= 0.6 is 39.1 Å². The Morgan fingerprint density at radius 1 is 1.03 bits per heavy atom. The topological polar surface area (TPSA) is 104 Å². The van der Waals surface area contributed by atoms with Gasteiger partial charge in [-0.05, 0) is 48.6 Å². The number of nitrogens with zero attached hydrogens (tertiary/aromatic N) is 2. The summed E-state index contributed by atoms with van der Waals surface area (Å²) in [6.45, 7) is 0. The van der Waals surface area contributed by atoms with Crippen molar-refractivity contribution in [2.45, 2.75) is 28.5 Å². The summed E-state index contributed by atoms with van der Waals surface area (Å²) in [6.07, 6.45) is 2.02. The molecule has 0 bridgehead atoms. The molecule has 11 heteroatoms. The van der Waals surface area contributed by atoms with Gasteiger partial charge in [-0.2, -0.15) is 0 Å². The van der Waals surface area contributed by atoms with Crippen LogP contribution in [-0.4, -0.2) is 55.9 Å². The molecular formula is C28H23BrCl2N2O6. The molecule has 202 valence electrons. The summed E-state index contributed by atoms with van der Waals surface area (Å²) < 4.78 is 5.19. The standard InChI is InChI=1S/C28H23BrCl2N2O6/c1-39-20-10-7-14(11-19(20)34)22-16-8-9-17-21(24(36)33(23(17)35)15-5-3-2-4-6-15)18(16)12-27(30)25(37)32(13-29)26(38)28(22,27)31/h2-8,10-11,17-18,21-22,34H,9,12-13H2,1H3/t17-,18+,21-,22-,27+,28-/m0/s1. The van der Waals surface area contributed by atoms with Gasteiger partial charge in [-0.25, -0.2) is 0 Å². The third-order valence-electron chi connectivity index (χ3n) is 8.57. The Bertz CT molecular complexity index is 1470. The van der Waals surface area contributed by atoms with Crippen molar-refractivity contribution in [1.29, 1.82) is 0 Å². The largest absolute Gasteiger partial charge is 0.504 e. The quantitative estimate of drug-likeness (QED) is 0.233. The molecule has 39 heavy (non-hydrogen) atoms. The summed E-state index contributed by atoms with van der Waals surface area (Å²) in [5, 5.41) is 10.6. The van der Waals surface area contributed by atoms with Gasteiger partial charge in [0, 0.05) is 5.92 Å². The number of fused-ring (bicyclic) bond motifs is 4. The summed E-state index contributed by atoms with van der Waals surface area (Å²) in [5.41, 5.74) is 1.46. The Labute approximate surface area is 242 Å². The Kier molecular flexibility index (Phi) is 6.13. The average Bonchev–Trinajstić information content (AvgIpc) is 3.27. The Hall–Kier alpha value is -2.88. The zero-order chi connectivity index (χ0) is 27.9. The number of alkyl halides is 3.